The molecule has 1 aliphatic heterocycles. The van der Waals surface area contributed by atoms with Crippen molar-refractivity contribution < 1.29 is 4.74 Å². The largest absolute Gasteiger partial charge is 0.495 e. The number of nitrogens with zero attached hydrogens (tertiary/aromatic N) is 1. The van der Waals surface area contributed by atoms with Gasteiger partial charge in [-0.05, 0) is 38.1 Å². The van der Waals surface area contributed by atoms with Gasteiger partial charge >= 0.3 is 0 Å². The first kappa shape index (κ1) is 14.0. The third-order valence-electron chi connectivity index (χ3n) is 3.69. The number of likely N-dealkylation sites (tertiary alicyclic amines) is 1. The maximum absolute atomic E-state index is 5.80. The number of methoxy groups -OCH3 is 1. The van der Waals surface area contributed by atoms with E-state index in [4.69, 9.17) is 10.5 Å². The lowest BCUT2D eigenvalue weighted by atomic mass is 10.2. The van der Waals surface area contributed by atoms with E-state index < -0.39 is 0 Å². The number of nitrogen functional groups attached to an aromatic ring is 1. The Morgan fingerprint density at radius 3 is 2.63 bits per heavy atom. The average molecular weight is 263 g/mol. The van der Waals surface area contributed by atoms with E-state index in [0.717, 1.165) is 24.5 Å². The van der Waals surface area contributed by atoms with Crippen molar-refractivity contribution in [3.8, 4) is 5.75 Å². The monoisotopic (exact) mass is 263 g/mol. The van der Waals surface area contributed by atoms with E-state index in [0.29, 0.717) is 5.69 Å². The number of anilines is 2. The molecule has 19 heavy (non-hydrogen) atoms. The maximum Gasteiger partial charge on any atom is 0.143 e. The highest BCUT2D eigenvalue weighted by Gasteiger charge is 2.08. The van der Waals surface area contributed by atoms with Crippen molar-refractivity contribution in [1.82, 2.24) is 4.90 Å². The van der Waals surface area contributed by atoms with Crippen molar-refractivity contribution in [3.05, 3.63) is 18.2 Å². The first-order valence-corrected chi connectivity index (χ1v) is 7.19. The molecular formula is C15H25N3O. The first-order chi connectivity index (χ1) is 9.29. The van der Waals surface area contributed by atoms with Gasteiger partial charge in [-0.2, -0.15) is 0 Å². The summed E-state index contributed by atoms with van der Waals surface area (Å²) in [6, 6.07) is 5.84. The highest BCUT2D eigenvalue weighted by Crippen LogP contribution is 2.24. The molecule has 3 N–H and O–H groups in total. The van der Waals surface area contributed by atoms with Crippen LogP contribution in [0, 0.1) is 0 Å². The van der Waals surface area contributed by atoms with E-state index >= 15 is 0 Å². The van der Waals surface area contributed by atoms with Gasteiger partial charge in [-0.1, -0.05) is 12.8 Å². The van der Waals surface area contributed by atoms with Crippen molar-refractivity contribution in [2.24, 2.45) is 0 Å². The Labute approximate surface area is 115 Å². The Morgan fingerprint density at radius 2 is 1.95 bits per heavy atom. The van der Waals surface area contributed by atoms with Crippen LogP contribution in [0.5, 0.6) is 5.75 Å². The molecule has 4 nitrogen and oxygen atoms in total. The molecule has 0 atom stereocenters. The number of nitrogens with two attached hydrogens (primary N) is 1. The summed E-state index contributed by atoms with van der Waals surface area (Å²) in [7, 11) is 1.65. The van der Waals surface area contributed by atoms with Gasteiger partial charge in [0.1, 0.15) is 5.75 Å². The van der Waals surface area contributed by atoms with Crippen molar-refractivity contribution in [2.75, 3.05) is 44.3 Å². The van der Waals surface area contributed by atoms with Gasteiger partial charge in [-0.15, -0.1) is 0 Å². The molecule has 0 unspecified atom stereocenters. The zero-order valence-corrected chi connectivity index (χ0v) is 11.8. The van der Waals surface area contributed by atoms with Crippen molar-refractivity contribution in [2.45, 2.75) is 25.7 Å². The minimum atomic E-state index is 0.681. The first-order valence-electron chi connectivity index (χ1n) is 7.19. The van der Waals surface area contributed by atoms with Crippen LogP contribution in [-0.4, -0.2) is 38.2 Å². The van der Waals surface area contributed by atoms with Gasteiger partial charge in [0.05, 0.1) is 12.8 Å². The Balaban J connectivity index is 1.78. The van der Waals surface area contributed by atoms with E-state index in [1.54, 1.807) is 7.11 Å². The molecule has 2 rings (SSSR count). The topological polar surface area (TPSA) is 50.5 Å². The lowest BCUT2D eigenvalue weighted by Crippen LogP contribution is -2.29. The Bertz CT molecular complexity index is 387. The lowest BCUT2D eigenvalue weighted by molar-refractivity contribution is 0.296. The number of rotatable bonds is 5. The quantitative estimate of drug-likeness (QED) is 0.802. The van der Waals surface area contributed by atoms with Crippen LogP contribution in [0.4, 0.5) is 11.4 Å². The van der Waals surface area contributed by atoms with E-state index in [-0.39, 0.29) is 0 Å². The molecule has 1 aromatic rings. The molecular weight excluding hydrogens is 238 g/mol. The summed E-state index contributed by atoms with van der Waals surface area (Å²) in [4.78, 5) is 2.55. The highest BCUT2D eigenvalue weighted by molar-refractivity contribution is 5.61. The summed E-state index contributed by atoms with van der Waals surface area (Å²) in [5, 5.41) is 3.44. The summed E-state index contributed by atoms with van der Waals surface area (Å²) < 4.78 is 5.22. The number of hydrogen-bond acceptors (Lipinski definition) is 4. The predicted molar refractivity (Wildman–Crippen MR) is 80.8 cm³/mol. The summed E-state index contributed by atoms with van der Waals surface area (Å²) in [5.74, 6) is 0.736. The zero-order chi connectivity index (χ0) is 13.5. The second-order valence-electron chi connectivity index (χ2n) is 5.14. The molecule has 0 saturated carbocycles. The Kier molecular flexibility index (Phi) is 5.33. The van der Waals surface area contributed by atoms with Crippen LogP contribution < -0.4 is 15.8 Å². The smallest absolute Gasteiger partial charge is 0.143 e. The van der Waals surface area contributed by atoms with Gasteiger partial charge in [-0.3, -0.25) is 0 Å². The molecule has 0 spiro atoms. The van der Waals surface area contributed by atoms with Gasteiger partial charge in [0, 0.05) is 24.8 Å². The van der Waals surface area contributed by atoms with Gasteiger partial charge < -0.3 is 20.7 Å². The van der Waals surface area contributed by atoms with E-state index in [1.807, 2.05) is 18.2 Å². The fraction of sp³-hybridized carbons (Fsp3) is 0.600. The van der Waals surface area contributed by atoms with Gasteiger partial charge in [-0.25, -0.2) is 0 Å². The van der Waals surface area contributed by atoms with E-state index in [2.05, 4.69) is 10.2 Å². The molecule has 1 aliphatic rings. The van der Waals surface area contributed by atoms with Crippen molar-refractivity contribution in [3.63, 3.8) is 0 Å². The fourth-order valence-electron chi connectivity index (χ4n) is 2.54. The Morgan fingerprint density at radius 1 is 1.21 bits per heavy atom. The standard InChI is InChI=1S/C15H25N3O/c1-19-15-12-13(6-7-14(15)16)17-8-11-18-9-4-2-3-5-10-18/h6-7,12,17H,2-5,8-11,16H2,1H3. The molecule has 1 fully saturated rings. The third kappa shape index (κ3) is 4.31. The molecule has 0 amide bonds. The van der Waals surface area contributed by atoms with Crippen LogP contribution in [0.15, 0.2) is 18.2 Å². The van der Waals surface area contributed by atoms with Crippen molar-refractivity contribution >= 4 is 11.4 Å². The average Bonchev–Trinajstić information content (AvgIpc) is 2.69. The second-order valence-corrected chi connectivity index (χ2v) is 5.14. The number of ether oxygens (including phenoxy) is 1. The van der Waals surface area contributed by atoms with E-state index in [1.165, 1.54) is 38.8 Å². The maximum atomic E-state index is 5.80. The summed E-state index contributed by atoms with van der Waals surface area (Å²) in [5.41, 5.74) is 7.55. The van der Waals surface area contributed by atoms with Crippen LogP contribution in [0.3, 0.4) is 0 Å². The minimum Gasteiger partial charge on any atom is -0.495 e. The summed E-state index contributed by atoms with van der Waals surface area (Å²) in [6.45, 7) is 4.55. The molecule has 106 valence electrons. The van der Waals surface area contributed by atoms with Gasteiger partial charge in [0.2, 0.25) is 0 Å². The molecule has 0 radical (unpaired) electrons. The number of hydrogen-bond donors (Lipinski definition) is 2. The van der Waals surface area contributed by atoms with Crippen molar-refractivity contribution in [1.29, 1.82) is 0 Å². The van der Waals surface area contributed by atoms with E-state index in [9.17, 15) is 0 Å². The molecule has 4 heteroatoms. The minimum absolute atomic E-state index is 0.681. The van der Waals surface area contributed by atoms with Gasteiger partial charge in [0.15, 0.2) is 0 Å². The molecule has 0 aromatic heterocycles. The second kappa shape index (κ2) is 7.24. The molecule has 0 bridgehead atoms. The molecule has 1 heterocycles. The number of benzene rings is 1. The van der Waals surface area contributed by atoms with Crippen LogP contribution in [0.2, 0.25) is 0 Å². The normalized spacial score (nSPS) is 16.9. The lowest BCUT2D eigenvalue weighted by Gasteiger charge is -2.20. The zero-order valence-electron chi connectivity index (χ0n) is 11.8. The predicted octanol–water partition coefficient (Wildman–Crippen LogP) is 2.57. The molecule has 1 saturated heterocycles. The summed E-state index contributed by atoms with van der Waals surface area (Å²) in [6.07, 6.45) is 5.46. The Hall–Kier alpha value is -1.42. The van der Waals surface area contributed by atoms with Crippen LogP contribution in [0.1, 0.15) is 25.7 Å². The van der Waals surface area contributed by atoms with Crippen LogP contribution in [-0.2, 0) is 0 Å². The SMILES string of the molecule is COc1cc(NCCN2CCCCCC2)ccc1N. The third-order valence-corrected chi connectivity index (χ3v) is 3.69. The van der Waals surface area contributed by atoms with Crippen LogP contribution >= 0.6 is 0 Å². The van der Waals surface area contributed by atoms with Crippen LogP contribution in [0.25, 0.3) is 0 Å². The highest BCUT2D eigenvalue weighted by atomic mass is 16.5. The molecule has 1 aromatic carbocycles. The van der Waals surface area contributed by atoms with Gasteiger partial charge in [0.25, 0.3) is 0 Å². The molecule has 0 aliphatic carbocycles. The number of nitrogens with one attached hydrogen (secondary N) is 1. The summed E-state index contributed by atoms with van der Waals surface area (Å²) >= 11 is 0. The fourth-order valence-corrected chi connectivity index (χ4v) is 2.54.